The van der Waals surface area contributed by atoms with E-state index in [0.29, 0.717) is 31.4 Å². The van der Waals surface area contributed by atoms with Gasteiger partial charge in [0.15, 0.2) is 0 Å². The van der Waals surface area contributed by atoms with E-state index in [0.717, 1.165) is 35.3 Å². The number of carbonyl (C=O) groups is 1. The van der Waals surface area contributed by atoms with Gasteiger partial charge in [0.05, 0.1) is 29.9 Å². The first-order valence-corrected chi connectivity index (χ1v) is 8.59. The molecule has 128 valence electrons. The number of amides is 1. The Morgan fingerprint density at radius 3 is 3.08 bits per heavy atom. The van der Waals surface area contributed by atoms with Crippen LogP contribution in [-0.2, 0) is 4.74 Å². The molecule has 1 aliphatic heterocycles. The van der Waals surface area contributed by atoms with Gasteiger partial charge in [0, 0.05) is 30.4 Å². The lowest BCUT2D eigenvalue weighted by atomic mass is 10.2. The maximum absolute atomic E-state index is 12.7. The van der Waals surface area contributed by atoms with Crippen molar-refractivity contribution >= 4 is 16.9 Å². The Morgan fingerprint density at radius 1 is 1.32 bits per heavy atom. The molecule has 25 heavy (non-hydrogen) atoms. The summed E-state index contributed by atoms with van der Waals surface area (Å²) in [4.78, 5) is 22.2. The van der Waals surface area contributed by atoms with Crippen LogP contribution in [-0.4, -0.2) is 45.6 Å². The highest BCUT2D eigenvalue weighted by Gasteiger charge is 2.32. The Bertz CT molecular complexity index is 894. The van der Waals surface area contributed by atoms with Crippen LogP contribution in [0.2, 0.25) is 0 Å². The molecule has 1 unspecified atom stereocenters. The van der Waals surface area contributed by atoms with E-state index in [-0.39, 0.29) is 12.0 Å². The highest BCUT2D eigenvalue weighted by Crippen LogP contribution is 2.39. The normalized spacial score (nSPS) is 21.0. The molecule has 0 radical (unpaired) electrons. The molecule has 1 atom stereocenters. The van der Waals surface area contributed by atoms with E-state index in [1.807, 2.05) is 18.2 Å². The van der Waals surface area contributed by atoms with Crippen LogP contribution in [0.4, 0.5) is 0 Å². The minimum Gasteiger partial charge on any atom is -0.368 e. The molecule has 2 fully saturated rings. The van der Waals surface area contributed by atoms with Crippen LogP contribution in [0.5, 0.6) is 0 Å². The number of fused-ring (bicyclic) bond motifs is 1. The van der Waals surface area contributed by atoms with Crippen molar-refractivity contribution in [1.82, 2.24) is 20.0 Å². The summed E-state index contributed by atoms with van der Waals surface area (Å²) in [6, 6.07) is 7.64. The van der Waals surface area contributed by atoms with Crippen molar-refractivity contribution in [2.75, 3.05) is 19.7 Å². The fourth-order valence-corrected chi connectivity index (χ4v) is 3.29. The Balaban J connectivity index is 1.35. The maximum Gasteiger partial charge on any atom is 0.292 e. The number of aromatic nitrogens is 3. The molecule has 0 aromatic carbocycles. The smallest absolute Gasteiger partial charge is 0.292 e. The zero-order valence-corrected chi connectivity index (χ0v) is 13.6. The fraction of sp³-hybridized carbons (Fsp3) is 0.389. The van der Waals surface area contributed by atoms with Gasteiger partial charge in [0.25, 0.3) is 5.91 Å². The average Bonchev–Trinajstić information content (AvgIpc) is 3.22. The number of H-pyrrole nitrogens is 1. The quantitative estimate of drug-likeness (QED) is 0.793. The third-order valence-electron chi connectivity index (χ3n) is 4.85. The van der Waals surface area contributed by atoms with Crippen LogP contribution < -0.4 is 0 Å². The third-order valence-corrected chi connectivity index (χ3v) is 4.85. The number of carbonyl (C=O) groups excluding carboxylic acids is 1. The molecule has 3 aromatic rings. The summed E-state index contributed by atoms with van der Waals surface area (Å²) in [5, 5.41) is 4.03. The van der Waals surface area contributed by atoms with E-state index < -0.39 is 0 Å². The zero-order chi connectivity index (χ0) is 16.8. The predicted octanol–water partition coefficient (Wildman–Crippen LogP) is 2.64. The molecular formula is C18H18N4O3. The monoisotopic (exact) mass is 338 g/mol. The lowest BCUT2D eigenvalue weighted by molar-refractivity contribution is -0.0255. The second kappa shape index (κ2) is 5.70. The summed E-state index contributed by atoms with van der Waals surface area (Å²) < 4.78 is 11.1. The highest BCUT2D eigenvalue weighted by atomic mass is 16.5. The van der Waals surface area contributed by atoms with Gasteiger partial charge >= 0.3 is 0 Å². The minimum atomic E-state index is -0.197. The number of rotatable bonds is 3. The van der Waals surface area contributed by atoms with Gasteiger partial charge in [-0.3, -0.25) is 9.78 Å². The molecule has 2 aliphatic rings. The van der Waals surface area contributed by atoms with Crippen LogP contribution in [0.15, 0.2) is 35.0 Å². The minimum absolute atomic E-state index is 0.123. The first-order valence-electron chi connectivity index (χ1n) is 8.59. The lowest BCUT2D eigenvalue weighted by Gasteiger charge is -2.31. The van der Waals surface area contributed by atoms with Gasteiger partial charge in [0.2, 0.25) is 5.76 Å². The maximum atomic E-state index is 12.7. The topological polar surface area (TPSA) is 84.2 Å². The van der Waals surface area contributed by atoms with Gasteiger partial charge in [-0.2, -0.15) is 0 Å². The Morgan fingerprint density at radius 2 is 2.24 bits per heavy atom. The Labute approximate surface area is 144 Å². The number of hydrogen-bond donors (Lipinski definition) is 1. The van der Waals surface area contributed by atoms with Crippen molar-refractivity contribution in [1.29, 1.82) is 0 Å². The molecule has 3 aromatic heterocycles. The molecule has 0 spiro atoms. The molecular weight excluding hydrogens is 320 g/mol. The van der Waals surface area contributed by atoms with Gasteiger partial charge in [0.1, 0.15) is 6.10 Å². The van der Waals surface area contributed by atoms with Crippen LogP contribution in [0.25, 0.3) is 11.0 Å². The van der Waals surface area contributed by atoms with E-state index in [1.165, 1.54) is 0 Å². The molecule has 1 aliphatic carbocycles. The van der Waals surface area contributed by atoms with Gasteiger partial charge in [-0.25, -0.2) is 0 Å². The van der Waals surface area contributed by atoms with Crippen LogP contribution in [0, 0.1) is 0 Å². The van der Waals surface area contributed by atoms with Crippen LogP contribution in [0.3, 0.4) is 0 Å². The number of nitrogens with zero attached hydrogens (tertiary/aromatic N) is 3. The van der Waals surface area contributed by atoms with E-state index in [4.69, 9.17) is 9.26 Å². The molecule has 5 rings (SSSR count). The van der Waals surface area contributed by atoms with Crippen molar-refractivity contribution in [3.63, 3.8) is 0 Å². The highest BCUT2D eigenvalue weighted by molar-refractivity contribution is 5.91. The standard InChI is InChI=1S/C18H18N4O3/c23-18(16-9-13(21-25-16)11-3-4-11)22-6-7-24-17(10-22)15-8-14-12(20-15)2-1-5-19-14/h1-2,5,8-9,11,17,20H,3-4,6-7,10H2. The Kier molecular flexibility index (Phi) is 3.34. The summed E-state index contributed by atoms with van der Waals surface area (Å²) >= 11 is 0. The largest absolute Gasteiger partial charge is 0.368 e. The molecule has 1 saturated heterocycles. The van der Waals surface area contributed by atoms with E-state index in [1.54, 1.807) is 17.2 Å². The van der Waals surface area contributed by atoms with Crippen molar-refractivity contribution in [3.8, 4) is 0 Å². The molecule has 1 amide bonds. The lowest BCUT2D eigenvalue weighted by Crippen LogP contribution is -2.42. The summed E-state index contributed by atoms with van der Waals surface area (Å²) in [6.07, 6.45) is 3.83. The second-order valence-electron chi connectivity index (χ2n) is 6.66. The summed E-state index contributed by atoms with van der Waals surface area (Å²) in [7, 11) is 0. The molecule has 7 heteroatoms. The third kappa shape index (κ3) is 2.70. The average molecular weight is 338 g/mol. The number of pyridine rings is 1. The summed E-state index contributed by atoms with van der Waals surface area (Å²) in [5.74, 6) is 0.671. The number of hydrogen-bond acceptors (Lipinski definition) is 5. The molecule has 4 heterocycles. The fourth-order valence-electron chi connectivity index (χ4n) is 3.29. The van der Waals surface area contributed by atoms with Gasteiger partial charge < -0.3 is 19.1 Å². The van der Waals surface area contributed by atoms with E-state index in [9.17, 15) is 4.79 Å². The number of ether oxygens (including phenoxy) is 1. The van der Waals surface area contributed by atoms with Crippen molar-refractivity contribution in [2.24, 2.45) is 0 Å². The second-order valence-corrected chi connectivity index (χ2v) is 6.66. The van der Waals surface area contributed by atoms with Crippen LogP contribution in [0.1, 0.15) is 46.8 Å². The van der Waals surface area contributed by atoms with Crippen LogP contribution >= 0.6 is 0 Å². The summed E-state index contributed by atoms with van der Waals surface area (Å²) in [5.41, 5.74) is 3.69. The number of morpholine rings is 1. The molecule has 1 saturated carbocycles. The first kappa shape index (κ1) is 14.7. The van der Waals surface area contributed by atoms with Gasteiger partial charge in [-0.1, -0.05) is 5.16 Å². The zero-order valence-electron chi connectivity index (χ0n) is 13.6. The molecule has 1 N–H and O–H groups in total. The van der Waals surface area contributed by atoms with Crippen molar-refractivity contribution < 1.29 is 14.1 Å². The SMILES string of the molecule is O=C(c1cc(C2CC2)no1)N1CCOC(c2cc3ncccc3[nH]2)C1. The van der Waals surface area contributed by atoms with Crippen molar-refractivity contribution in [2.45, 2.75) is 24.9 Å². The van der Waals surface area contributed by atoms with Gasteiger partial charge in [-0.05, 0) is 31.0 Å². The molecule has 0 bridgehead atoms. The van der Waals surface area contributed by atoms with E-state index >= 15 is 0 Å². The number of nitrogens with one attached hydrogen (secondary N) is 1. The number of aromatic amines is 1. The van der Waals surface area contributed by atoms with Crippen molar-refractivity contribution in [3.05, 3.63) is 47.6 Å². The Hall–Kier alpha value is -2.67. The predicted molar refractivity (Wildman–Crippen MR) is 89.2 cm³/mol. The molecule has 7 nitrogen and oxygen atoms in total. The van der Waals surface area contributed by atoms with E-state index in [2.05, 4.69) is 15.1 Å². The first-order chi connectivity index (χ1) is 12.3. The van der Waals surface area contributed by atoms with Gasteiger partial charge in [-0.15, -0.1) is 0 Å². The summed E-state index contributed by atoms with van der Waals surface area (Å²) in [6.45, 7) is 1.52.